The highest BCUT2D eigenvalue weighted by molar-refractivity contribution is 5.93. The normalized spacial score (nSPS) is 16.3. The number of carbonyl (C=O) groups is 1. The van der Waals surface area contributed by atoms with Crippen LogP contribution in [0.2, 0.25) is 0 Å². The molecular formula is C15H18N3O2+. The molecule has 1 fully saturated rings. The van der Waals surface area contributed by atoms with Gasteiger partial charge in [-0.1, -0.05) is 0 Å². The number of carbonyl (C=O) groups excluding carboxylic acids is 1. The molecule has 2 aromatic rings. The Morgan fingerprint density at radius 3 is 2.80 bits per heavy atom. The first-order valence-corrected chi connectivity index (χ1v) is 6.88. The van der Waals surface area contributed by atoms with Crippen molar-refractivity contribution in [2.24, 2.45) is 0 Å². The molecule has 3 rings (SSSR count). The van der Waals surface area contributed by atoms with E-state index in [0.717, 1.165) is 38.5 Å². The molecule has 0 spiro atoms. The van der Waals surface area contributed by atoms with Crippen molar-refractivity contribution in [3.63, 3.8) is 0 Å². The zero-order valence-corrected chi connectivity index (χ0v) is 11.3. The quantitative estimate of drug-likeness (QED) is 0.869. The first kappa shape index (κ1) is 12.9. The first-order chi connectivity index (χ1) is 9.83. The van der Waals surface area contributed by atoms with Crippen LogP contribution < -0.4 is 4.90 Å². The van der Waals surface area contributed by atoms with Crippen LogP contribution in [0.25, 0.3) is 0 Å². The van der Waals surface area contributed by atoms with Crippen LogP contribution in [0.1, 0.15) is 16.1 Å². The molecule has 3 heterocycles. The van der Waals surface area contributed by atoms with Crippen LogP contribution in [0.5, 0.6) is 0 Å². The number of hydrogen-bond donors (Lipinski definition) is 1. The molecule has 0 unspecified atom stereocenters. The van der Waals surface area contributed by atoms with Gasteiger partial charge in [-0.2, -0.15) is 0 Å². The standard InChI is InChI=1S/C15H17N3O2/c19-15(13-3-1-5-16-11-13)18-8-6-17(7-9-18)12-14-4-2-10-20-14/h1-5,10-11H,6-9,12H2/p+1. The summed E-state index contributed by atoms with van der Waals surface area (Å²) < 4.78 is 5.37. The van der Waals surface area contributed by atoms with Crippen molar-refractivity contribution in [3.05, 3.63) is 54.2 Å². The van der Waals surface area contributed by atoms with Gasteiger partial charge in [-0.05, 0) is 24.3 Å². The molecule has 1 amide bonds. The van der Waals surface area contributed by atoms with Crippen molar-refractivity contribution in [2.45, 2.75) is 6.54 Å². The van der Waals surface area contributed by atoms with Crippen LogP contribution in [0.15, 0.2) is 47.3 Å². The molecule has 0 aliphatic carbocycles. The maximum Gasteiger partial charge on any atom is 0.255 e. The fourth-order valence-electron chi connectivity index (χ4n) is 2.53. The summed E-state index contributed by atoms with van der Waals surface area (Å²) in [5.41, 5.74) is 0.669. The molecule has 1 aliphatic heterocycles. The average molecular weight is 272 g/mol. The van der Waals surface area contributed by atoms with Crippen molar-refractivity contribution in [3.8, 4) is 0 Å². The zero-order chi connectivity index (χ0) is 13.8. The SMILES string of the molecule is O=C(c1cccnc1)N1CC[NH+](Cc2ccco2)CC1. The summed E-state index contributed by atoms with van der Waals surface area (Å²) >= 11 is 0. The van der Waals surface area contributed by atoms with Crippen molar-refractivity contribution in [1.82, 2.24) is 9.88 Å². The molecule has 20 heavy (non-hydrogen) atoms. The summed E-state index contributed by atoms with van der Waals surface area (Å²) in [4.78, 5) is 19.6. The molecule has 1 aliphatic rings. The number of amides is 1. The van der Waals surface area contributed by atoms with E-state index < -0.39 is 0 Å². The molecule has 0 saturated carbocycles. The number of quaternary nitrogens is 1. The molecule has 0 atom stereocenters. The van der Waals surface area contributed by atoms with Crippen molar-refractivity contribution < 1.29 is 14.1 Å². The summed E-state index contributed by atoms with van der Waals surface area (Å²) in [6.07, 6.45) is 5.02. The molecule has 1 N–H and O–H groups in total. The van der Waals surface area contributed by atoms with Gasteiger partial charge >= 0.3 is 0 Å². The second-order valence-electron chi connectivity index (χ2n) is 5.04. The fourth-order valence-corrected chi connectivity index (χ4v) is 2.53. The van der Waals surface area contributed by atoms with Gasteiger partial charge in [0.25, 0.3) is 5.91 Å². The highest BCUT2D eigenvalue weighted by Gasteiger charge is 2.25. The van der Waals surface area contributed by atoms with Gasteiger partial charge in [0.15, 0.2) is 5.76 Å². The van der Waals surface area contributed by atoms with Gasteiger partial charge < -0.3 is 14.2 Å². The second-order valence-corrected chi connectivity index (χ2v) is 5.04. The second kappa shape index (κ2) is 5.88. The molecule has 0 radical (unpaired) electrons. The van der Waals surface area contributed by atoms with Gasteiger partial charge in [0.2, 0.25) is 0 Å². The highest BCUT2D eigenvalue weighted by Crippen LogP contribution is 2.04. The molecule has 1 saturated heterocycles. The van der Waals surface area contributed by atoms with Crippen molar-refractivity contribution in [2.75, 3.05) is 26.2 Å². The summed E-state index contributed by atoms with van der Waals surface area (Å²) in [6.45, 7) is 4.36. The van der Waals surface area contributed by atoms with E-state index in [9.17, 15) is 4.79 Å². The summed E-state index contributed by atoms with van der Waals surface area (Å²) in [6, 6.07) is 7.53. The van der Waals surface area contributed by atoms with E-state index in [4.69, 9.17) is 4.42 Å². The lowest BCUT2D eigenvalue weighted by atomic mass is 10.2. The number of rotatable bonds is 3. The van der Waals surface area contributed by atoms with Crippen LogP contribution in [0, 0.1) is 0 Å². The number of furan rings is 1. The van der Waals surface area contributed by atoms with Crippen LogP contribution in [0.3, 0.4) is 0 Å². The molecule has 0 aromatic carbocycles. The van der Waals surface area contributed by atoms with Gasteiger partial charge in [-0.3, -0.25) is 9.78 Å². The number of nitrogens with zero attached hydrogens (tertiary/aromatic N) is 2. The minimum Gasteiger partial charge on any atom is -0.463 e. The van der Waals surface area contributed by atoms with Crippen LogP contribution in [-0.4, -0.2) is 42.0 Å². The van der Waals surface area contributed by atoms with E-state index in [1.165, 1.54) is 4.90 Å². The Labute approximate surface area is 117 Å². The van der Waals surface area contributed by atoms with E-state index in [1.807, 2.05) is 23.1 Å². The number of pyridine rings is 1. The van der Waals surface area contributed by atoms with Gasteiger partial charge in [-0.15, -0.1) is 0 Å². The third kappa shape index (κ3) is 2.88. The molecular weight excluding hydrogens is 254 g/mol. The molecule has 5 heteroatoms. The Morgan fingerprint density at radius 2 is 2.15 bits per heavy atom. The molecule has 2 aromatic heterocycles. The van der Waals surface area contributed by atoms with Gasteiger partial charge in [0.1, 0.15) is 6.54 Å². The Bertz CT molecular complexity index is 546. The number of piperazine rings is 1. The summed E-state index contributed by atoms with van der Waals surface area (Å²) in [5.74, 6) is 1.09. The fraction of sp³-hybridized carbons (Fsp3) is 0.333. The van der Waals surface area contributed by atoms with Gasteiger partial charge in [0, 0.05) is 12.4 Å². The van der Waals surface area contributed by atoms with Crippen LogP contribution >= 0.6 is 0 Å². The van der Waals surface area contributed by atoms with Crippen LogP contribution in [-0.2, 0) is 6.54 Å². The lowest BCUT2D eigenvalue weighted by Crippen LogP contribution is -3.13. The van der Waals surface area contributed by atoms with E-state index in [-0.39, 0.29) is 5.91 Å². The lowest BCUT2D eigenvalue weighted by molar-refractivity contribution is -0.918. The predicted molar refractivity (Wildman–Crippen MR) is 73.2 cm³/mol. The van der Waals surface area contributed by atoms with E-state index in [1.54, 1.807) is 24.7 Å². The topological polar surface area (TPSA) is 50.8 Å². The van der Waals surface area contributed by atoms with Crippen LogP contribution in [0.4, 0.5) is 0 Å². The van der Waals surface area contributed by atoms with Crippen molar-refractivity contribution in [1.29, 1.82) is 0 Å². The third-order valence-electron chi connectivity index (χ3n) is 3.67. The highest BCUT2D eigenvalue weighted by atomic mass is 16.3. The molecule has 0 bridgehead atoms. The zero-order valence-electron chi connectivity index (χ0n) is 11.3. The predicted octanol–water partition coefficient (Wildman–Crippen LogP) is 0.216. The molecule has 5 nitrogen and oxygen atoms in total. The first-order valence-electron chi connectivity index (χ1n) is 6.88. The Kier molecular flexibility index (Phi) is 3.78. The van der Waals surface area contributed by atoms with E-state index in [0.29, 0.717) is 5.56 Å². The Balaban J connectivity index is 1.55. The Morgan fingerprint density at radius 1 is 1.30 bits per heavy atom. The minimum atomic E-state index is 0.0788. The summed E-state index contributed by atoms with van der Waals surface area (Å²) in [5, 5.41) is 0. The number of aromatic nitrogens is 1. The third-order valence-corrected chi connectivity index (χ3v) is 3.67. The smallest absolute Gasteiger partial charge is 0.255 e. The average Bonchev–Trinajstić information content (AvgIpc) is 3.01. The lowest BCUT2D eigenvalue weighted by Gasteiger charge is -2.31. The van der Waals surface area contributed by atoms with E-state index in [2.05, 4.69) is 4.98 Å². The maximum absolute atomic E-state index is 12.3. The van der Waals surface area contributed by atoms with Gasteiger partial charge in [-0.25, -0.2) is 0 Å². The van der Waals surface area contributed by atoms with Crippen molar-refractivity contribution >= 4 is 5.91 Å². The monoisotopic (exact) mass is 272 g/mol. The summed E-state index contributed by atoms with van der Waals surface area (Å²) in [7, 11) is 0. The maximum atomic E-state index is 12.3. The molecule has 104 valence electrons. The minimum absolute atomic E-state index is 0.0788. The van der Waals surface area contributed by atoms with Gasteiger partial charge in [0.05, 0.1) is 38.0 Å². The number of hydrogen-bond acceptors (Lipinski definition) is 3. The Hall–Kier alpha value is -2.14. The largest absolute Gasteiger partial charge is 0.463 e. The number of nitrogens with one attached hydrogen (secondary N) is 1. The van der Waals surface area contributed by atoms with E-state index >= 15 is 0 Å².